The van der Waals surface area contributed by atoms with E-state index in [-0.39, 0.29) is 13.2 Å². The third-order valence-electron chi connectivity index (χ3n) is 20.2. The van der Waals surface area contributed by atoms with Gasteiger partial charge in [-0.25, -0.2) is 4.79 Å². The van der Waals surface area contributed by atoms with Gasteiger partial charge in [-0.3, -0.25) is 0 Å². The smallest absolute Gasteiger partial charge is 0.493 e. The standard InChI is InChI=1S/C99H168N2O7/c1-9-13-17-21-25-29-33-37-41-45-49-53-57-61-65-73-81-103-95-87-93(97(85-91(95)77-69-71-79-100(5)6)105-83-75-67-63-59-55-51-47-43-39-35-31-27-23-19-15-11-3)89-107-99(102)108-90-94-88-96(104-82-74-66-62-58-54-50-46-42-38-34-30-26-22-18-14-10-2)92(78-70-72-80-101(7)8)86-98(94)106-84-76-68-64-60-56-52-48-44-40-36-32-28-24-20-16-12-4/h25-32,37-44,85-88H,9-24,33-36,45-84,89-90H2,1-8H3/b29-25-,30-26-,31-27-,32-28-,41-37-,42-38-,43-39-,44-40-. The van der Waals surface area contributed by atoms with Crippen LogP contribution in [0.1, 0.15) is 384 Å². The van der Waals surface area contributed by atoms with Gasteiger partial charge in [0.1, 0.15) is 36.2 Å². The van der Waals surface area contributed by atoms with Gasteiger partial charge in [-0.15, -0.1) is 0 Å². The fraction of sp³-hybridized carbons (Fsp3) is 0.707. The third-order valence-corrected chi connectivity index (χ3v) is 20.2. The first kappa shape index (κ1) is 98.8. The molecule has 9 nitrogen and oxygen atoms in total. The highest BCUT2D eigenvalue weighted by Crippen LogP contribution is 2.34. The van der Waals surface area contributed by atoms with Crippen LogP contribution in [-0.4, -0.2) is 83.7 Å². The van der Waals surface area contributed by atoms with Crippen LogP contribution in [0.5, 0.6) is 23.0 Å². The Kier molecular flexibility index (Phi) is 70.5. The van der Waals surface area contributed by atoms with Crippen molar-refractivity contribution in [3.8, 4) is 23.0 Å². The average molecular weight is 1500 g/mol. The molecule has 0 N–H and O–H groups in total. The summed E-state index contributed by atoms with van der Waals surface area (Å²) < 4.78 is 39.2. The number of allylic oxidation sites excluding steroid dienone is 16. The Morgan fingerprint density at radius 3 is 0.713 bits per heavy atom. The molecule has 0 aromatic heterocycles. The monoisotopic (exact) mass is 1500 g/mol. The molecule has 616 valence electrons. The summed E-state index contributed by atoms with van der Waals surface area (Å²) in [6, 6.07) is 8.55. The van der Waals surface area contributed by atoms with Gasteiger partial charge in [-0.2, -0.15) is 0 Å². The second-order valence-corrected chi connectivity index (χ2v) is 31.2. The maximum Gasteiger partial charge on any atom is 0.508 e. The molecule has 2 aromatic carbocycles. The second-order valence-electron chi connectivity index (χ2n) is 31.2. The van der Waals surface area contributed by atoms with Crippen molar-refractivity contribution in [2.75, 3.05) is 67.7 Å². The summed E-state index contributed by atoms with van der Waals surface area (Å²) >= 11 is 0. The van der Waals surface area contributed by atoms with Crippen LogP contribution in [0.4, 0.5) is 4.79 Å². The summed E-state index contributed by atoms with van der Waals surface area (Å²) in [5.41, 5.74) is 3.90. The highest BCUT2D eigenvalue weighted by atomic mass is 16.7. The molecule has 0 heterocycles. The first-order valence-corrected chi connectivity index (χ1v) is 45.3. The van der Waals surface area contributed by atoms with Gasteiger partial charge < -0.3 is 38.2 Å². The van der Waals surface area contributed by atoms with Crippen LogP contribution >= 0.6 is 0 Å². The maximum atomic E-state index is 14.1. The molecule has 0 bridgehead atoms. The summed E-state index contributed by atoms with van der Waals surface area (Å²) in [6.07, 6.45) is 100. The molecule has 0 aliphatic heterocycles. The minimum atomic E-state index is -0.727. The van der Waals surface area contributed by atoms with E-state index in [1.165, 1.54) is 205 Å². The summed E-state index contributed by atoms with van der Waals surface area (Å²) in [6.45, 7) is 13.6. The van der Waals surface area contributed by atoms with E-state index < -0.39 is 6.16 Å². The van der Waals surface area contributed by atoms with E-state index in [2.05, 4.69) is 187 Å². The molecule has 0 saturated carbocycles. The van der Waals surface area contributed by atoms with E-state index >= 15 is 0 Å². The van der Waals surface area contributed by atoms with Gasteiger partial charge >= 0.3 is 6.16 Å². The minimum Gasteiger partial charge on any atom is -0.493 e. The molecule has 0 radical (unpaired) electrons. The molecule has 0 saturated heterocycles. The highest BCUT2D eigenvalue weighted by Gasteiger charge is 2.19. The predicted molar refractivity (Wildman–Crippen MR) is 470 cm³/mol. The lowest BCUT2D eigenvalue weighted by Gasteiger charge is -2.19. The van der Waals surface area contributed by atoms with Crippen molar-refractivity contribution in [3.05, 3.63) is 144 Å². The lowest BCUT2D eigenvalue weighted by molar-refractivity contribution is 0.0434. The molecule has 0 fully saturated rings. The van der Waals surface area contributed by atoms with Crippen molar-refractivity contribution in [1.29, 1.82) is 0 Å². The van der Waals surface area contributed by atoms with Gasteiger partial charge in [0.25, 0.3) is 0 Å². The molecule has 2 rings (SSSR count). The third kappa shape index (κ3) is 62.4. The fourth-order valence-corrected chi connectivity index (χ4v) is 13.3. The number of hydrogen-bond acceptors (Lipinski definition) is 9. The Hall–Kier alpha value is -5.25. The highest BCUT2D eigenvalue weighted by molar-refractivity contribution is 5.61. The molecule has 0 unspecified atom stereocenters. The van der Waals surface area contributed by atoms with Gasteiger partial charge in [-0.05, 0) is 269 Å². The van der Waals surface area contributed by atoms with Gasteiger partial charge in [0.05, 0.1) is 26.4 Å². The van der Waals surface area contributed by atoms with Crippen molar-refractivity contribution >= 4 is 6.16 Å². The maximum absolute atomic E-state index is 14.1. The topological polar surface area (TPSA) is 78.9 Å². The van der Waals surface area contributed by atoms with Gasteiger partial charge in [0, 0.05) is 11.1 Å². The van der Waals surface area contributed by atoms with Crippen LogP contribution in [0.15, 0.2) is 121 Å². The largest absolute Gasteiger partial charge is 0.508 e. The molecule has 2 aromatic rings. The number of carbonyl (C=O) groups is 1. The van der Waals surface area contributed by atoms with Crippen LogP contribution < -0.4 is 18.9 Å². The number of nitrogens with zero attached hydrogens (tertiary/aromatic N) is 2. The van der Waals surface area contributed by atoms with Crippen molar-refractivity contribution in [2.24, 2.45) is 0 Å². The average Bonchev–Trinajstić information content (AvgIpc) is 0.833. The van der Waals surface area contributed by atoms with E-state index in [1.807, 2.05) is 0 Å². The van der Waals surface area contributed by atoms with Crippen LogP contribution in [0.25, 0.3) is 0 Å². The Labute approximate surface area is 667 Å². The first-order chi connectivity index (χ1) is 53.2. The zero-order valence-corrected chi connectivity index (χ0v) is 71.6. The Morgan fingerprint density at radius 1 is 0.259 bits per heavy atom. The molecule has 9 heteroatoms. The summed E-state index contributed by atoms with van der Waals surface area (Å²) in [4.78, 5) is 18.6. The lowest BCUT2D eigenvalue weighted by atomic mass is 10.0. The Balaban J connectivity index is 2.30. The number of carbonyl (C=O) groups excluding carboxylic acids is 1. The summed E-state index contributed by atoms with van der Waals surface area (Å²) in [5.74, 6) is 3.25. The van der Waals surface area contributed by atoms with Crippen molar-refractivity contribution in [2.45, 2.75) is 388 Å². The molecule has 108 heavy (non-hydrogen) atoms. The Bertz CT molecular complexity index is 2420. The minimum absolute atomic E-state index is 0.00535. The molecule has 0 amide bonds. The van der Waals surface area contributed by atoms with Crippen molar-refractivity contribution in [1.82, 2.24) is 9.80 Å². The lowest BCUT2D eigenvalue weighted by Crippen LogP contribution is -2.13. The number of benzene rings is 2. The number of aryl methyl sites for hydroxylation is 2. The summed E-state index contributed by atoms with van der Waals surface area (Å²) in [7, 11) is 8.58. The van der Waals surface area contributed by atoms with Crippen molar-refractivity contribution in [3.63, 3.8) is 0 Å². The van der Waals surface area contributed by atoms with E-state index in [0.717, 1.165) is 200 Å². The van der Waals surface area contributed by atoms with E-state index in [0.29, 0.717) is 26.4 Å². The van der Waals surface area contributed by atoms with E-state index in [4.69, 9.17) is 28.4 Å². The number of ether oxygens (including phenoxy) is 6. The number of hydrogen-bond donors (Lipinski definition) is 0. The zero-order chi connectivity index (χ0) is 77.6. The molecule has 0 aliphatic carbocycles. The normalized spacial score (nSPS) is 12.2. The quantitative estimate of drug-likeness (QED) is 0.0366. The van der Waals surface area contributed by atoms with Crippen LogP contribution in [-0.2, 0) is 35.5 Å². The number of unbranched alkanes of at least 4 members (excludes halogenated alkanes) is 38. The fourth-order valence-electron chi connectivity index (χ4n) is 13.3. The Morgan fingerprint density at radius 2 is 0.472 bits per heavy atom. The van der Waals surface area contributed by atoms with E-state index in [9.17, 15) is 4.79 Å². The molecular formula is C99H168N2O7. The zero-order valence-electron chi connectivity index (χ0n) is 71.6. The SMILES string of the molecule is CCCCC/C=C\C/C=C\CCCCCCCCOc1cc(COC(=O)OCc2cc(OCCCCCCCC/C=C\C/C=C\CCCCC)c(CCCCN(C)C)cc2OCCCCCCCC/C=C\C/C=C\CCCCC)c(OCCCCCCCC/C=C\C/C=C\CCCCC)cc1CCCCN(C)C. The molecule has 0 aliphatic rings. The van der Waals surface area contributed by atoms with Crippen LogP contribution in [0.3, 0.4) is 0 Å². The molecule has 0 atom stereocenters. The van der Waals surface area contributed by atoms with Crippen molar-refractivity contribution < 1.29 is 33.2 Å². The predicted octanol–water partition coefficient (Wildman–Crippen LogP) is 30.1. The van der Waals surface area contributed by atoms with E-state index in [1.54, 1.807) is 0 Å². The first-order valence-electron chi connectivity index (χ1n) is 45.3. The van der Waals surface area contributed by atoms with Crippen LogP contribution in [0, 0.1) is 0 Å². The van der Waals surface area contributed by atoms with Crippen LogP contribution in [0.2, 0.25) is 0 Å². The molecule has 0 spiro atoms. The van der Waals surface area contributed by atoms with Gasteiger partial charge in [0.15, 0.2) is 0 Å². The molecular weight excluding hydrogens is 1330 g/mol. The van der Waals surface area contributed by atoms with Gasteiger partial charge in [-0.1, -0.05) is 279 Å². The number of rotatable bonds is 78. The second kappa shape index (κ2) is 77.1. The van der Waals surface area contributed by atoms with Gasteiger partial charge in [0.2, 0.25) is 0 Å². The summed E-state index contributed by atoms with van der Waals surface area (Å²) in [5, 5.41) is 0.